The van der Waals surface area contributed by atoms with Crippen LogP contribution in [0.3, 0.4) is 0 Å². The van der Waals surface area contributed by atoms with Gasteiger partial charge in [0.2, 0.25) is 0 Å². The molecule has 1 atom stereocenters. The van der Waals surface area contributed by atoms with E-state index < -0.39 is 0 Å². The lowest BCUT2D eigenvalue weighted by atomic mass is 10.1. The average Bonchev–Trinajstić information content (AvgIpc) is 2.38. The minimum absolute atomic E-state index is 0.149. The number of ether oxygens (including phenoxy) is 1. The number of nitrogens with two attached hydrogens (primary N) is 1. The number of aryl methyl sites for hydroxylation is 1. The third kappa shape index (κ3) is 3.25. The zero-order valence-electron chi connectivity index (χ0n) is 10.3. The first-order valence-corrected chi connectivity index (χ1v) is 6.24. The summed E-state index contributed by atoms with van der Waals surface area (Å²) >= 11 is 6.09. The van der Waals surface area contributed by atoms with Gasteiger partial charge in [-0.1, -0.05) is 48.0 Å². The van der Waals surface area contributed by atoms with Crippen molar-refractivity contribution in [3.05, 3.63) is 64.7 Å². The molecule has 0 aliphatic rings. The molecule has 2 aromatic carbocycles. The summed E-state index contributed by atoms with van der Waals surface area (Å²) in [5, 5.41) is 0.621. The molecule has 0 bridgehead atoms. The van der Waals surface area contributed by atoms with E-state index in [-0.39, 0.29) is 6.04 Å². The lowest BCUT2D eigenvalue weighted by Crippen LogP contribution is -2.18. The Balaban J connectivity index is 1.99. The van der Waals surface area contributed by atoms with E-state index in [9.17, 15) is 0 Å². The molecule has 0 saturated carbocycles. The van der Waals surface area contributed by atoms with Crippen LogP contribution in [0.1, 0.15) is 17.2 Å². The van der Waals surface area contributed by atoms with Crippen molar-refractivity contribution in [2.75, 3.05) is 6.61 Å². The molecule has 1 unspecified atom stereocenters. The first kappa shape index (κ1) is 12.9. The Kier molecular flexibility index (Phi) is 4.24. The number of hydrogen-bond acceptors (Lipinski definition) is 2. The highest BCUT2D eigenvalue weighted by Crippen LogP contribution is 2.26. The van der Waals surface area contributed by atoms with Crippen LogP contribution in [0.25, 0.3) is 0 Å². The molecule has 2 aromatic rings. The Hall–Kier alpha value is -1.51. The summed E-state index contributed by atoms with van der Waals surface area (Å²) in [4.78, 5) is 0. The number of rotatable bonds is 4. The lowest BCUT2D eigenvalue weighted by molar-refractivity contribution is 0.291. The van der Waals surface area contributed by atoms with Gasteiger partial charge in [-0.15, -0.1) is 0 Å². The summed E-state index contributed by atoms with van der Waals surface area (Å²) in [5.41, 5.74) is 8.22. The highest BCUT2D eigenvalue weighted by molar-refractivity contribution is 6.32. The Bertz CT molecular complexity index is 513. The summed E-state index contributed by atoms with van der Waals surface area (Å²) < 4.78 is 5.65. The first-order valence-electron chi connectivity index (χ1n) is 5.86. The van der Waals surface area contributed by atoms with Gasteiger partial charge in [-0.3, -0.25) is 0 Å². The molecule has 3 heteroatoms. The van der Waals surface area contributed by atoms with Crippen molar-refractivity contribution in [1.82, 2.24) is 0 Å². The highest BCUT2D eigenvalue weighted by atomic mass is 35.5. The van der Waals surface area contributed by atoms with E-state index in [1.165, 1.54) is 0 Å². The van der Waals surface area contributed by atoms with Gasteiger partial charge in [0.1, 0.15) is 12.4 Å². The minimum atomic E-state index is -0.149. The quantitative estimate of drug-likeness (QED) is 0.910. The Morgan fingerprint density at radius 3 is 2.56 bits per heavy atom. The van der Waals surface area contributed by atoms with Gasteiger partial charge < -0.3 is 10.5 Å². The average molecular weight is 262 g/mol. The van der Waals surface area contributed by atoms with E-state index in [0.29, 0.717) is 17.4 Å². The first-order chi connectivity index (χ1) is 8.66. The maximum absolute atomic E-state index is 6.09. The molecule has 0 heterocycles. The summed E-state index contributed by atoms with van der Waals surface area (Å²) in [7, 11) is 0. The molecular formula is C15H16ClNO. The van der Waals surface area contributed by atoms with E-state index >= 15 is 0 Å². The zero-order chi connectivity index (χ0) is 13.0. The molecule has 2 rings (SSSR count). The van der Waals surface area contributed by atoms with E-state index in [1.54, 1.807) is 0 Å². The van der Waals surface area contributed by atoms with Crippen molar-refractivity contribution in [2.45, 2.75) is 13.0 Å². The van der Waals surface area contributed by atoms with Crippen LogP contribution >= 0.6 is 11.6 Å². The second-order valence-electron chi connectivity index (χ2n) is 4.26. The lowest BCUT2D eigenvalue weighted by Gasteiger charge is -2.14. The molecule has 0 aromatic heterocycles. The van der Waals surface area contributed by atoms with Crippen LogP contribution in [-0.4, -0.2) is 6.61 Å². The van der Waals surface area contributed by atoms with E-state index in [2.05, 4.69) is 0 Å². The van der Waals surface area contributed by atoms with Crippen LogP contribution in [0.4, 0.5) is 0 Å². The molecule has 0 saturated heterocycles. The minimum Gasteiger partial charge on any atom is -0.490 e. The molecular weight excluding hydrogens is 246 g/mol. The molecule has 0 amide bonds. The summed E-state index contributed by atoms with van der Waals surface area (Å²) in [6.45, 7) is 2.40. The fourth-order valence-electron chi connectivity index (χ4n) is 1.70. The summed E-state index contributed by atoms with van der Waals surface area (Å²) in [6, 6.07) is 15.4. The maximum Gasteiger partial charge on any atom is 0.138 e. The molecule has 2 nitrogen and oxygen atoms in total. The van der Waals surface area contributed by atoms with Crippen molar-refractivity contribution in [2.24, 2.45) is 5.73 Å². The standard InChI is InChI=1S/C15H16ClNO/c1-11-7-8-15(13(16)9-11)18-10-14(17)12-5-3-2-4-6-12/h2-9,14H,10,17H2,1H3. The third-order valence-electron chi connectivity index (χ3n) is 2.73. The fraction of sp³-hybridized carbons (Fsp3) is 0.200. The van der Waals surface area contributed by atoms with Gasteiger partial charge in [-0.2, -0.15) is 0 Å². The smallest absolute Gasteiger partial charge is 0.138 e. The summed E-state index contributed by atoms with van der Waals surface area (Å²) in [5.74, 6) is 0.675. The molecule has 2 N–H and O–H groups in total. The van der Waals surface area contributed by atoms with Gasteiger partial charge in [-0.25, -0.2) is 0 Å². The van der Waals surface area contributed by atoms with Crippen LogP contribution < -0.4 is 10.5 Å². The number of benzene rings is 2. The van der Waals surface area contributed by atoms with Crippen LogP contribution in [0.15, 0.2) is 48.5 Å². The second-order valence-corrected chi connectivity index (χ2v) is 4.67. The van der Waals surface area contributed by atoms with Crippen molar-refractivity contribution in [3.8, 4) is 5.75 Å². The monoisotopic (exact) mass is 261 g/mol. The van der Waals surface area contributed by atoms with Crippen LogP contribution in [0, 0.1) is 6.92 Å². The Morgan fingerprint density at radius 2 is 1.89 bits per heavy atom. The summed E-state index contributed by atoms with van der Waals surface area (Å²) in [6.07, 6.45) is 0. The number of halogens is 1. The van der Waals surface area contributed by atoms with Gasteiger partial charge in [0.05, 0.1) is 11.1 Å². The van der Waals surface area contributed by atoms with Crippen molar-refractivity contribution >= 4 is 11.6 Å². The van der Waals surface area contributed by atoms with Crippen molar-refractivity contribution < 1.29 is 4.74 Å². The van der Waals surface area contributed by atoms with E-state index in [0.717, 1.165) is 11.1 Å². The van der Waals surface area contributed by atoms with E-state index in [4.69, 9.17) is 22.1 Å². The van der Waals surface area contributed by atoms with Gasteiger partial charge in [0.25, 0.3) is 0 Å². The van der Waals surface area contributed by atoms with Gasteiger partial charge in [0.15, 0.2) is 0 Å². The van der Waals surface area contributed by atoms with Gasteiger partial charge in [-0.05, 0) is 30.2 Å². The Labute approximate surface area is 112 Å². The van der Waals surface area contributed by atoms with Crippen molar-refractivity contribution in [3.63, 3.8) is 0 Å². The molecule has 94 valence electrons. The third-order valence-corrected chi connectivity index (χ3v) is 3.03. The van der Waals surface area contributed by atoms with Gasteiger partial charge >= 0.3 is 0 Å². The van der Waals surface area contributed by atoms with E-state index in [1.807, 2.05) is 55.5 Å². The zero-order valence-corrected chi connectivity index (χ0v) is 11.0. The molecule has 0 fully saturated rings. The normalized spacial score (nSPS) is 12.2. The molecule has 0 spiro atoms. The largest absolute Gasteiger partial charge is 0.490 e. The van der Waals surface area contributed by atoms with Gasteiger partial charge in [0, 0.05) is 0 Å². The number of hydrogen-bond donors (Lipinski definition) is 1. The SMILES string of the molecule is Cc1ccc(OCC(N)c2ccccc2)c(Cl)c1. The topological polar surface area (TPSA) is 35.2 Å². The predicted molar refractivity (Wildman–Crippen MR) is 75.1 cm³/mol. The molecule has 18 heavy (non-hydrogen) atoms. The highest BCUT2D eigenvalue weighted by Gasteiger charge is 2.08. The Morgan fingerprint density at radius 1 is 1.17 bits per heavy atom. The van der Waals surface area contributed by atoms with Crippen LogP contribution in [0.5, 0.6) is 5.75 Å². The van der Waals surface area contributed by atoms with Crippen LogP contribution in [-0.2, 0) is 0 Å². The molecule has 0 radical (unpaired) electrons. The van der Waals surface area contributed by atoms with Crippen LogP contribution in [0.2, 0.25) is 5.02 Å². The fourth-order valence-corrected chi connectivity index (χ4v) is 1.99. The van der Waals surface area contributed by atoms with Crippen molar-refractivity contribution in [1.29, 1.82) is 0 Å². The molecule has 0 aliphatic carbocycles. The second kappa shape index (κ2) is 5.89. The maximum atomic E-state index is 6.09. The predicted octanol–water partition coefficient (Wildman–Crippen LogP) is 3.73. The molecule has 0 aliphatic heterocycles.